The lowest BCUT2D eigenvalue weighted by atomic mass is 9.82. The average molecular weight is 547 g/mol. The van der Waals surface area contributed by atoms with E-state index in [1.165, 1.54) is 33.4 Å². The van der Waals surface area contributed by atoms with Crippen LogP contribution >= 0.6 is 0 Å². The van der Waals surface area contributed by atoms with Crippen molar-refractivity contribution in [1.82, 2.24) is 0 Å². The molecular formula is C40H66. The van der Waals surface area contributed by atoms with Crippen molar-refractivity contribution in [1.29, 1.82) is 0 Å². The Hall–Kier alpha value is -2.34. The summed E-state index contributed by atoms with van der Waals surface area (Å²) in [4.78, 5) is 0. The predicted molar refractivity (Wildman–Crippen MR) is 187 cm³/mol. The lowest BCUT2D eigenvalue weighted by molar-refractivity contribution is 0.577. The van der Waals surface area contributed by atoms with Gasteiger partial charge < -0.3 is 0 Å². The first-order valence-electron chi connectivity index (χ1n) is 15.7. The summed E-state index contributed by atoms with van der Waals surface area (Å²) in [5.74, 6) is 0. The molecule has 0 bridgehead atoms. The summed E-state index contributed by atoms with van der Waals surface area (Å²) in [6.45, 7) is 39.0. The highest BCUT2D eigenvalue weighted by atomic mass is 14.2. The lowest BCUT2D eigenvalue weighted by Gasteiger charge is -2.23. The second-order valence-electron chi connectivity index (χ2n) is 13.7. The fraction of sp³-hybridized carbons (Fsp3) is 0.550. The SMILES string of the molecule is CC.CC.CC.CC(C)(C)c1ccc(-c2ccc(C(C)(C)C)cc2)cc1.CC(C)(C)c1ccc(C(C)(C)C)cc1. The standard InChI is InChI=1S/C20H26.C14H22.3C2H6/c1-19(2,3)17-11-7-15(8-12-17)16-9-13-18(14-10-16)20(4,5)6;1-13(2,3)11-7-9-12(10-8-11)14(4,5)6;3*1-2/h7-14H,1-6H3;7-10H,1-6H3;3*1-2H3. The molecule has 3 aromatic carbocycles. The van der Waals surface area contributed by atoms with E-state index in [1.54, 1.807) is 0 Å². The van der Waals surface area contributed by atoms with Crippen LogP contribution in [0.4, 0.5) is 0 Å². The second-order valence-corrected chi connectivity index (χ2v) is 13.7. The Bertz CT molecular complexity index is 930. The third kappa shape index (κ3) is 13.8. The highest BCUT2D eigenvalue weighted by Gasteiger charge is 2.17. The molecule has 0 saturated heterocycles. The number of benzene rings is 3. The minimum Gasteiger partial charge on any atom is -0.0683 e. The van der Waals surface area contributed by atoms with Gasteiger partial charge in [0.1, 0.15) is 0 Å². The van der Waals surface area contributed by atoms with Crippen molar-refractivity contribution in [2.75, 3.05) is 0 Å². The molecule has 3 aromatic rings. The Morgan fingerprint density at radius 3 is 0.500 bits per heavy atom. The smallest absolute Gasteiger partial charge is 0.0132 e. The molecule has 0 nitrogen and oxygen atoms in total. The molecule has 0 radical (unpaired) electrons. The van der Waals surface area contributed by atoms with Crippen molar-refractivity contribution in [2.45, 2.75) is 146 Å². The van der Waals surface area contributed by atoms with Crippen LogP contribution in [0.5, 0.6) is 0 Å². The predicted octanol–water partition coefficient (Wildman–Crippen LogP) is 13.3. The molecule has 0 atom stereocenters. The van der Waals surface area contributed by atoms with Crippen LogP contribution in [0.1, 0.15) is 147 Å². The van der Waals surface area contributed by atoms with Crippen molar-refractivity contribution in [3.63, 3.8) is 0 Å². The van der Waals surface area contributed by atoms with Gasteiger partial charge in [-0.2, -0.15) is 0 Å². The van der Waals surface area contributed by atoms with E-state index in [0.717, 1.165) is 0 Å². The van der Waals surface area contributed by atoms with Gasteiger partial charge in [-0.25, -0.2) is 0 Å². The first kappa shape index (κ1) is 39.8. The third-order valence-electron chi connectivity index (χ3n) is 6.45. The minimum atomic E-state index is 0.217. The van der Waals surface area contributed by atoms with Gasteiger partial charge in [0.15, 0.2) is 0 Å². The number of hydrogen-bond donors (Lipinski definition) is 0. The minimum absolute atomic E-state index is 0.217. The van der Waals surface area contributed by atoms with Crippen LogP contribution in [0.2, 0.25) is 0 Å². The highest BCUT2D eigenvalue weighted by Crippen LogP contribution is 2.29. The van der Waals surface area contributed by atoms with Crippen LogP contribution < -0.4 is 0 Å². The van der Waals surface area contributed by atoms with Gasteiger partial charge in [0, 0.05) is 0 Å². The van der Waals surface area contributed by atoms with Crippen LogP contribution in [-0.2, 0) is 21.7 Å². The van der Waals surface area contributed by atoms with Crippen molar-refractivity contribution < 1.29 is 0 Å². The number of hydrogen-bond acceptors (Lipinski definition) is 0. The van der Waals surface area contributed by atoms with Crippen molar-refractivity contribution in [3.05, 3.63) is 95.1 Å². The van der Waals surface area contributed by atoms with E-state index >= 15 is 0 Å². The molecule has 40 heavy (non-hydrogen) atoms. The maximum absolute atomic E-state index is 2.25. The summed E-state index contributed by atoms with van der Waals surface area (Å²) in [6, 6.07) is 26.9. The maximum Gasteiger partial charge on any atom is -0.0132 e. The molecule has 226 valence electrons. The summed E-state index contributed by atoms with van der Waals surface area (Å²) in [7, 11) is 0. The molecule has 0 aliphatic carbocycles. The molecule has 0 spiro atoms. The van der Waals surface area contributed by atoms with E-state index in [0.29, 0.717) is 0 Å². The molecule has 0 heteroatoms. The van der Waals surface area contributed by atoms with Gasteiger partial charge >= 0.3 is 0 Å². The molecule has 0 aliphatic heterocycles. The van der Waals surface area contributed by atoms with Crippen LogP contribution in [0.15, 0.2) is 72.8 Å². The Labute approximate surface area is 252 Å². The Morgan fingerprint density at radius 2 is 0.375 bits per heavy atom. The van der Waals surface area contributed by atoms with Gasteiger partial charge in [-0.3, -0.25) is 0 Å². The van der Waals surface area contributed by atoms with E-state index in [9.17, 15) is 0 Å². The van der Waals surface area contributed by atoms with Gasteiger partial charge in [-0.1, -0.05) is 197 Å². The Balaban J connectivity index is 0. The molecular weight excluding hydrogens is 480 g/mol. The molecule has 0 saturated carbocycles. The molecule has 0 amide bonds. The zero-order valence-corrected chi connectivity index (χ0v) is 29.9. The molecule has 0 fully saturated rings. The molecule has 0 unspecified atom stereocenters. The fourth-order valence-electron chi connectivity index (χ4n) is 3.80. The molecule has 0 aliphatic rings. The van der Waals surface area contributed by atoms with Crippen LogP contribution in [0.25, 0.3) is 11.1 Å². The van der Waals surface area contributed by atoms with Crippen molar-refractivity contribution in [3.8, 4) is 11.1 Å². The van der Waals surface area contributed by atoms with Crippen molar-refractivity contribution >= 4 is 0 Å². The van der Waals surface area contributed by atoms with E-state index in [-0.39, 0.29) is 21.7 Å². The Kier molecular flexibility index (Phi) is 17.4. The van der Waals surface area contributed by atoms with Gasteiger partial charge in [0.05, 0.1) is 0 Å². The second kappa shape index (κ2) is 17.5. The van der Waals surface area contributed by atoms with Crippen LogP contribution in [0, 0.1) is 0 Å². The van der Waals surface area contributed by atoms with Crippen LogP contribution in [-0.4, -0.2) is 0 Å². The van der Waals surface area contributed by atoms with Gasteiger partial charge in [0.25, 0.3) is 0 Å². The van der Waals surface area contributed by atoms with Gasteiger partial charge in [-0.15, -0.1) is 0 Å². The topological polar surface area (TPSA) is 0 Å². The number of rotatable bonds is 1. The van der Waals surface area contributed by atoms with E-state index in [4.69, 9.17) is 0 Å². The molecule has 3 rings (SSSR count). The third-order valence-corrected chi connectivity index (χ3v) is 6.45. The van der Waals surface area contributed by atoms with E-state index in [2.05, 4.69) is 156 Å². The summed E-state index contributed by atoms with van der Waals surface area (Å²) in [5, 5.41) is 0. The summed E-state index contributed by atoms with van der Waals surface area (Å²) >= 11 is 0. The zero-order valence-electron chi connectivity index (χ0n) is 29.9. The highest BCUT2D eigenvalue weighted by molar-refractivity contribution is 5.64. The maximum atomic E-state index is 2.25. The summed E-state index contributed by atoms with van der Waals surface area (Å²) in [5.41, 5.74) is 9.11. The summed E-state index contributed by atoms with van der Waals surface area (Å²) in [6.07, 6.45) is 0. The monoisotopic (exact) mass is 547 g/mol. The van der Waals surface area contributed by atoms with E-state index < -0.39 is 0 Å². The van der Waals surface area contributed by atoms with Gasteiger partial charge in [-0.05, 0) is 55.0 Å². The van der Waals surface area contributed by atoms with E-state index in [1.807, 2.05) is 41.5 Å². The molecule has 0 heterocycles. The first-order valence-corrected chi connectivity index (χ1v) is 15.7. The Morgan fingerprint density at radius 1 is 0.250 bits per heavy atom. The first-order chi connectivity index (χ1) is 18.4. The lowest BCUT2D eigenvalue weighted by Crippen LogP contribution is -2.14. The largest absolute Gasteiger partial charge is 0.0683 e. The average Bonchev–Trinajstić information content (AvgIpc) is 2.91. The fourth-order valence-corrected chi connectivity index (χ4v) is 3.80. The zero-order chi connectivity index (χ0) is 31.9. The quantitative estimate of drug-likeness (QED) is 0.285. The molecule has 0 N–H and O–H groups in total. The summed E-state index contributed by atoms with van der Waals surface area (Å²) < 4.78 is 0. The molecule has 0 aromatic heterocycles. The van der Waals surface area contributed by atoms with Gasteiger partial charge in [0.2, 0.25) is 0 Å². The normalized spacial score (nSPS) is 11.2. The van der Waals surface area contributed by atoms with Crippen molar-refractivity contribution in [2.24, 2.45) is 0 Å². The van der Waals surface area contributed by atoms with Crippen LogP contribution in [0.3, 0.4) is 0 Å².